The maximum absolute atomic E-state index is 11.9. The number of hydrogen-bond acceptors (Lipinski definition) is 3. The van der Waals surface area contributed by atoms with Crippen molar-refractivity contribution in [1.82, 2.24) is 20.4 Å². The molecule has 1 saturated heterocycles. The molecule has 27 heavy (non-hydrogen) atoms. The lowest BCUT2D eigenvalue weighted by molar-refractivity contribution is -0.130. The minimum Gasteiger partial charge on any atom is -0.357 e. The van der Waals surface area contributed by atoms with E-state index < -0.39 is 0 Å². The van der Waals surface area contributed by atoms with E-state index in [1.165, 1.54) is 32.1 Å². The quantitative estimate of drug-likeness (QED) is 0.325. The lowest BCUT2D eigenvalue weighted by atomic mass is 9.84. The number of nitrogens with one attached hydrogen (secondary N) is 2. The van der Waals surface area contributed by atoms with Crippen LogP contribution in [0.4, 0.5) is 0 Å². The molecule has 6 nitrogen and oxygen atoms in total. The van der Waals surface area contributed by atoms with Crippen molar-refractivity contribution in [3.05, 3.63) is 0 Å². The molecule has 0 aromatic rings. The van der Waals surface area contributed by atoms with Crippen LogP contribution in [0.2, 0.25) is 0 Å². The molecule has 2 fully saturated rings. The fourth-order valence-electron chi connectivity index (χ4n) is 4.08. The predicted molar refractivity (Wildman–Crippen MR) is 124 cm³/mol. The van der Waals surface area contributed by atoms with Crippen LogP contribution >= 0.6 is 24.0 Å². The molecule has 2 aliphatic rings. The molecule has 0 radical (unpaired) electrons. The monoisotopic (exact) mass is 493 g/mol. The van der Waals surface area contributed by atoms with Gasteiger partial charge in [0, 0.05) is 46.3 Å². The number of amides is 1. The molecule has 2 N–H and O–H groups in total. The first-order valence-electron chi connectivity index (χ1n) is 10.5. The number of likely N-dealkylation sites (tertiary alicyclic amines) is 1. The Bertz CT molecular complexity index is 469. The van der Waals surface area contributed by atoms with E-state index >= 15 is 0 Å². The average molecular weight is 493 g/mol. The summed E-state index contributed by atoms with van der Waals surface area (Å²) in [7, 11) is 3.65. The zero-order valence-corrected chi connectivity index (χ0v) is 20.1. The second kappa shape index (κ2) is 12.1. The van der Waals surface area contributed by atoms with Crippen molar-refractivity contribution in [1.29, 1.82) is 0 Å². The van der Waals surface area contributed by atoms with Crippen LogP contribution in [0.5, 0.6) is 0 Å². The van der Waals surface area contributed by atoms with Gasteiger partial charge in [-0.25, -0.2) is 0 Å². The molecule has 7 heteroatoms. The Morgan fingerprint density at radius 2 is 1.81 bits per heavy atom. The topological polar surface area (TPSA) is 60.0 Å². The fraction of sp³-hybridized carbons (Fsp3) is 0.900. The van der Waals surface area contributed by atoms with Crippen LogP contribution in [0, 0.1) is 5.41 Å². The largest absolute Gasteiger partial charge is 0.357 e. The Hall–Kier alpha value is -0.570. The summed E-state index contributed by atoms with van der Waals surface area (Å²) >= 11 is 0. The van der Waals surface area contributed by atoms with E-state index in [-0.39, 0.29) is 29.9 Å². The van der Waals surface area contributed by atoms with Crippen molar-refractivity contribution < 1.29 is 4.79 Å². The normalized spacial score (nSPS) is 20.8. The Balaban J connectivity index is 0.00000364. The highest BCUT2D eigenvalue weighted by Crippen LogP contribution is 2.41. The second-order valence-electron chi connectivity index (χ2n) is 8.24. The van der Waals surface area contributed by atoms with Crippen molar-refractivity contribution in [3.8, 4) is 0 Å². The summed E-state index contributed by atoms with van der Waals surface area (Å²) in [4.78, 5) is 20.7. The number of carbonyl (C=O) groups excluding carboxylic acids is 1. The molecule has 2 rings (SSSR count). The van der Waals surface area contributed by atoms with Crippen molar-refractivity contribution in [2.45, 2.75) is 64.8 Å². The highest BCUT2D eigenvalue weighted by atomic mass is 127. The Morgan fingerprint density at radius 3 is 2.33 bits per heavy atom. The number of likely N-dealkylation sites (N-methyl/N-ethyl adjacent to an activating group) is 1. The molecule has 1 heterocycles. The van der Waals surface area contributed by atoms with Crippen LogP contribution in [-0.4, -0.2) is 74.5 Å². The Kier molecular flexibility index (Phi) is 11.0. The number of rotatable bonds is 7. The molecule has 0 aromatic carbocycles. The number of piperidine rings is 1. The van der Waals surface area contributed by atoms with E-state index in [2.05, 4.69) is 29.4 Å². The van der Waals surface area contributed by atoms with Crippen LogP contribution in [0.3, 0.4) is 0 Å². The van der Waals surface area contributed by atoms with Gasteiger partial charge in [-0.15, -0.1) is 24.0 Å². The van der Waals surface area contributed by atoms with Crippen molar-refractivity contribution >= 4 is 35.8 Å². The fourth-order valence-corrected chi connectivity index (χ4v) is 4.08. The molecular weight excluding hydrogens is 453 g/mol. The second-order valence-corrected chi connectivity index (χ2v) is 8.24. The zero-order chi connectivity index (χ0) is 19.0. The molecular formula is C20H40IN5O. The zero-order valence-electron chi connectivity index (χ0n) is 17.7. The van der Waals surface area contributed by atoms with Gasteiger partial charge in [-0.3, -0.25) is 14.7 Å². The molecule has 0 bridgehead atoms. The summed E-state index contributed by atoms with van der Waals surface area (Å²) in [6.07, 6.45) is 8.71. The maximum atomic E-state index is 11.9. The van der Waals surface area contributed by atoms with Crippen LogP contribution in [0.1, 0.15) is 58.8 Å². The summed E-state index contributed by atoms with van der Waals surface area (Å²) < 4.78 is 0. The van der Waals surface area contributed by atoms with Gasteiger partial charge >= 0.3 is 0 Å². The number of aliphatic imine (C=N–C) groups is 1. The first-order valence-corrected chi connectivity index (χ1v) is 10.5. The summed E-state index contributed by atoms with van der Waals surface area (Å²) in [5.74, 6) is 1.16. The highest BCUT2D eigenvalue weighted by molar-refractivity contribution is 14.0. The summed E-state index contributed by atoms with van der Waals surface area (Å²) in [6.45, 7) is 8.73. The number of hydrogen-bond donors (Lipinski definition) is 2. The van der Waals surface area contributed by atoms with Gasteiger partial charge in [-0.1, -0.05) is 19.8 Å². The van der Waals surface area contributed by atoms with E-state index in [0.29, 0.717) is 18.0 Å². The van der Waals surface area contributed by atoms with Gasteiger partial charge in [0.1, 0.15) is 0 Å². The maximum Gasteiger partial charge on any atom is 0.236 e. The smallest absolute Gasteiger partial charge is 0.236 e. The molecule has 1 aliphatic heterocycles. The average Bonchev–Trinajstić information content (AvgIpc) is 3.11. The summed E-state index contributed by atoms with van der Waals surface area (Å²) in [5.41, 5.74) is 0.429. The predicted octanol–water partition coefficient (Wildman–Crippen LogP) is 2.68. The van der Waals surface area contributed by atoms with Crippen LogP contribution in [-0.2, 0) is 4.79 Å². The first kappa shape index (κ1) is 24.5. The molecule has 0 spiro atoms. The molecule has 1 amide bonds. The Morgan fingerprint density at radius 1 is 1.19 bits per heavy atom. The number of guanidine groups is 1. The van der Waals surface area contributed by atoms with Crippen LogP contribution in [0.25, 0.3) is 0 Å². The van der Waals surface area contributed by atoms with Crippen LogP contribution < -0.4 is 10.6 Å². The number of carbonyl (C=O) groups is 1. The molecule has 0 unspecified atom stereocenters. The van der Waals surface area contributed by atoms with Crippen LogP contribution in [0.15, 0.2) is 4.99 Å². The standard InChI is InChI=1S/C20H39N5O.HI/c1-5-20(11-7-8-12-20)16-22-19(21-6-2)23-17-9-13-25(14-10-17)15-18(26)24(3)4;/h17H,5-16H2,1-4H3,(H2,21,22,23);1H. The summed E-state index contributed by atoms with van der Waals surface area (Å²) in [6, 6.07) is 0.444. The Labute approximate surface area is 182 Å². The van der Waals surface area contributed by atoms with Gasteiger partial charge < -0.3 is 15.5 Å². The van der Waals surface area contributed by atoms with E-state index in [9.17, 15) is 4.79 Å². The van der Waals surface area contributed by atoms with Gasteiger partial charge in [-0.05, 0) is 44.4 Å². The minimum atomic E-state index is 0. The van der Waals surface area contributed by atoms with Crippen molar-refractivity contribution in [3.63, 3.8) is 0 Å². The van der Waals surface area contributed by atoms with Crippen molar-refractivity contribution in [2.75, 3.05) is 46.8 Å². The van der Waals surface area contributed by atoms with E-state index in [4.69, 9.17) is 4.99 Å². The van der Waals surface area contributed by atoms with E-state index in [1.807, 2.05) is 14.1 Å². The molecule has 0 aromatic heterocycles. The minimum absolute atomic E-state index is 0. The van der Waals surface area contributed by atoms with E-state index in [1.54, 1.807) is 4.90 Å². The third kappa shape index (κ3) is 7.75. The van der Waals surface area contributed by atoms with Crippen molar-refractivity contribution in [2.24, 2.45) is 10.4 Å². The van der Waals surface area contributed by atoms with E-state index in [0.717, 1.165) is 45.0 Å². The summed E-state index contributed by atoms with van der Waals surface area (Å²) in [5, 5.41) is 7.05. The third-order valence-electron chi connectivity index (χ3n) is 6.12. The number of halogens is 1. The van der Waals surface area contributed by atoms with Gasteiger partial charge in [0.05, 0.1) is 6.54 Å². The van der Waals surface area contributed by atoms with Gasteiger partial charge in [0.15, 0.2) is 5.96 Å². The molecule has 1 aliphatic carbocycles. The van der Waals surface area contributed by atoms with Gasteiger partial charge in [0.2, 0.25) is 5.91 Å². The molecule has 0 atom stereocenters. The van der Waals surface area contributed by atoms with Gasteiger partial charge in [-0.2, -0.15) is 0 Å². The number of nitrogens with zero attached hydrogens (tertiary/aromatic N) is 3. The molecule has 1 saturated carbocycles. The third-order valence-corrected chi connectivity index (χ3v) is 6.12. The lowest BCUT2D eigenvalue weighted by Crippen LogP contribution is -2.50. The first-order chi connectivity index (χ1) is 12.5. The highest BCUT2D eigenvalue weighted by Gasteiger charge is 2.32. The van der Waals surface area contributed by atoms with Gasteiger partial charge in [0.25, 0.3) is 0 Å². The lowest BCUT2D eigenvalue weighted by Gasteiger charge is -2.33. The molecule has 158 valence electrons. The SMILES string of the molecule is CCNC(=NCC1(CC)CCCC1)NC1CCN(CC(=O)N(C)C)CC1.I.